The normalized spacial score (nSPS) is 15.9. The third-order valence-corrected chi connectivity index (χ3v) is 4.49. The number of nitrogens with one attached hydrogen (secondary N) is 2. The highest BCUT2D eigenvalue weighted by molar-refractivity contribution is 5.95. The Labute approximate surface area is 127 Å². The van der Waals surface area contributed by atoms with Crippen LogP contribution in [0, 0.1) is 18.3 Å². The van der Waals surface area contributed by atoms with Gasteiger partial charge in [0.1, 0.15) is 5.82 Å². The Morgan fingerprint density at radius 2 is 2.10 bits per heavy atom. The van der Waals surface area contributed by atoms with Gasteiger partial charge in [0.2, 0.25) is 0 Å². The molecule has 0 atom stereocenters. The lowest BCUT2D eigenvalue weighted by Gasteiger charge is -2.20. The van der Waals surface area contributed by atoms with Crippen LogP contribution in [0.25, 0.3) is 0 Å². The molecule has 1 aliphatic rings. The van der Waals surface area contributed by atoms with Crippen LogP contribution >= 0.6 is 0 Å². The highest BCUT2D eigenvalue weighted by Gasteiger charge is 2.45. The van der Waals surface area contributed by atoms with Crippen molar-refractivity contribution in [3.63, 3.8) is 0 Å². The van der Waals surface area contributed by atoms with Crippen molar-refractivity contribution in [2.24, 2.45) is 11.3 Å². The number of carbonyl (C=O) groups excluding carboxylic acids is 1. The van der Waals surface area contributed by atoms with Crippen molar-refractivity contribution >= 4 is 11.7 Å². The van der Waals surface area contributed by atoms with E-state index in [1.165, 1.54) is 12.8 Å². The van der Waals surface area contributed by atoms with E-state index in [0.29, 0.717) is 16.9 Å². The minimum absolute atomic E-state index is 0.00646. The minimum Gasteiger partial charge on any atom is -0.370 e. The van der Waals surface area contributed by atoms with Crippen molar-refractivity contribution < 1.29 is 4.79 Å². The number of hydrogen-bond acceptors (Lipinski definition) is 3. The van der Waals surface area contributed by atoms with Crippen molar-refractivity contribution in [2.45, 2.75) is 47.0 Å². The lowest BCUT2D eigenvalue weighted by molar-refractivity contribution is 0.0939. The van der Waals surface area contributed by atoms with Crippen molar-refractivity contribution in [1.29, 1.82) is 0 Å². The molecule has 1 amide bonds. The van der Waals surface area contributed by atoms with Gasteiger partial charge in [0.15, 0.2) is 0 Å². The number of carbonyl (C=O) groups is 1. The predicted molar refractivity (Wildman–Crippen MR) is 86.6 cm³/mol. The van der Waals surface area contributed by atoms with Gasteiger partial charge in [-0.25, -0.2) is 4.98 Å². The zero-order valence-corrected chi connectivity index (χ0v) is 13.6. The standard InChI is InChI=1S/C17H27N3O/c1-5-8-18-15-10-14(9-13(4)20-15)16(21)19-11-17(6-7-17)12(2)3/h9-10,12H,5-8,11H2,1-4H3,(H,18,20)(H,19,21). The fourth-order valence-corrected chi connectivity index (χ4v) is 2.62. The zero-order valence-electron chi connectivity index (χ0n) is 13.6. The Bertz CT molecular complexity index is 507. The van der Waals surface area contributed by atoms with Crippen LogP contribution in [-0.2, 0) is 0 Å². The number of pyridine rings is 1. The summed E-state index contributed by atoms with van der Waals surface area (Å²) >= 11 is 0. The van der Waals surface area contributed by atoms with Crippen LogP contribution in [-0.4, -0.2) is 24.0 Å². The summed E-state index contributed by atoms with van der Waals surface area (Å²) < 4.78 is 0. The molecule has 0 unspecified atom stereocenters. The molecule has 1 heterocycles. The quantitative estimate of drug-likeness (QED) is 0.809. The molecule has 0 aromatic carbocycles. The number of aromatic nitrogens is 1. The Morgan fingerprint density at radius 3 is 2.67 bits per heavy atom. The van der Waals surface area contributed by atoms with Crippen LogP contribution in [0.4, 0.5) is 5.82 Å². The van der Waals surface area contributed by atoms with Crippen molar-refractivity contribution in [1.82, 2.24) is 10.3 Å². The highest BCUT2D eigenvalue weighted by Crippen LogP contribution is 2.51. The molecule has 1 aromatic rings. The molecule has 2 rings (SSSR count). The van der Waals surface area contributed by atoms with Gasteiger partial charge >= 0.3 is 0 Å². The van der Waals surface area contributed by atoms with Crippen molar-refractivity contribution in [3.05, 3.63) is 23.4 Å². The molecule has 21 heavy (non-hydrogen) atoms. The monoisotopic (exact) mass is 289 g/mol. The lowest BCUT2D eigenvalue weighted by atomic mass is 9.92. The summed E-state index contributed by atoms with van der Waals surface area (Å²) in [5, 5.41) is 6.34. The van der Waals surface area contributed by atoms with E-state index in [1.807, 2.05) is 19.1 Å². The number of nitrogens with zero attached hydrogens (tertiary/aromatic N) is 1. The number of hydrogen-bond donors (Lipinski definition) is 2. The van der Waals surface area contributed by atoms with Gasteiger partial charge in [0.25, 0.3) is 5.91 Å². The Hall–Kier alpha value is -1.58. The highest BCUT2D eigenvalue weighted by atomic mass is 16.1. The molecule has 0 aliphatic heterocycles. The summed E-state index contributed by atoms with van der Waals surface area (Å²) in [5.41, 5.74) is 1.90. The van der Waals surface area contributed by atoms with Gasteiger partial charge in [-0.3, -0.25) is 4.79 Å². The lowest BCUT2D eigenvalue weighted by Crippen LogP contribution is -2.32. The molecule has 1 aliphatic carbocycles. The molecule has 0 radical (unpaired) electrons. The van der Waals surface area contributed by atoms with E-state index in [-0.39, 0.29) is 5.91 Å². The van der Waals surface area contributed by atoms with Gasteiger partial charge in [0, 0.05) is 24.3 Å². The Balaban J connectivity index is 2.00. The average molecular weight is 289 g/mol. The Kier molecular flexibility index (Phi) is 4.86. The van der Waals surface area contributed by atoms with Crippen LogP contribution in [0.15, 0.2) is 12.1 Å². The molecule has 4 heteroatoms. The van der Waals surface area contributed by atoms with E-state index >= 15 is 0 Å². The summed E-state index contributed by atoms with van der Waals surface area (Å²) in [6, 6.07) is 3.69. The first-order chi connectivity index (χ1) is 9.97. The number of anilines is 1. The van der Waals surface area contributed by atoms with E-state index in [9.17, 15) is 4.79 Å². The third kappa shape index (κ3) is 3.96. The topological polar surface area (TPSA) is 54.0 Å². The maximum atomic E-state index is 12.4. The minimum atomic E-state index is 0.00646. The fraction of sp³-hybridized carbons (Fsp3) is 0.647. The molecule has 0 bridgehead atoms. The Morgan fingerprint density at radius 1 is 1.38 bits per heavy atom. The van der Waals surface area contributed by atoms with Crippen LogP contribution in [0.2, 0.25) is 0 Å². The summed E-state index contributed by atoms with van der Waals surface area (Å²) in [5.74, 6) is 1.41. The maximum absolute atomic E-state index is 12.4. The second-order valence-corrected chi connectivity index (χ2v) is 6.51. The van der Waals surface area contributed by atoms with Gasteiger partial charge < -0.3 is 10.6 Å². The molecule has 2 N–H and O–H groups in total. The summed E-state index contributed by atoms with van der Waals surface area (Å²) in [4.78, 5) is 16.8. The molecular weight excluding hydrogens is 262 g/mol. The molecule has 116 valence electrons. The number of amides is 1. The first-order valence-corrected chi connectivity index (χ1v) is 7.97. The fourth-order valence-electron chi connectivity index (χ4n) is 2.62. The molecule has 1 saturated carbocycles. The van der Waals surface area contributed by atoms with E-state index in [1.54, 1.807) is 0 Å². The van der Waals surface area contributed by atoms with Crippen LogP contribution in [0.1, 0.15) is 56.1 Å². The molecule has 1 fully saturated rings. The maximum Gasteiger partial charge on any atom is 0.251 e. The third-order valence-electron chi connectivity index (χ3n) is 4.49. The average Bonchev–Trinajstić information content (AvgIpc) is 3.23. The summed E-state index contributed by atoms with van der Waals surface area (Å²) in [6.07, 6.45) is 3.49. The molecule has 4 nitrogen and oxygen atoms in total. The molecule has 1 aromatic heterocycles. The summed E-state index contributed by atoms with van der Waals surface area (Å²) in [7, 11) is 0. The zero-order chi connectivity index (χ0) is 15.5. The van der Waals surface area contributed by atoms with Crippen molar-refractivity contribution in [3.8, 4) is 0 Å². The SMILES string of the molecule is CCCNc1cc(C(=O)NCC2(C(C)C)CC2)cc(C)n1. The smallest absolute Gasteiger partial charge is 0.251 e. The van der Waals surface area contributed by atoms with Gasteiger partial charge in [-0.1, -0.05) is 20.8 Å². The van der Waals surface area contributed by atoms with Crippen molar-refractivity contribution in [2.75, 3.05) is 18.4 Å². The van der Waals surface area contributed by atoms with Gasteiger partial charge in [-0.15, -0.1) is 0 Å². The van der Waals surface area contributed by atoms with Gasteiger partial charge in [-0.05, 0) is 49.7 Å². The second-order valence-electron chi connectivity index (χ2n) is 6.51. The van der Waals surface area contributed by atoms with E-state index in [2.05, 4.69) is 36.4 Å². The first-order valence-electron chi connectivity index (χ1n) is 7.97. The summed E-state index contributed by atoms with van der Waals surface area (Å²) in [6.45, 7) is 10.2. The van der Waals surface area contributed by atoms with Gasteiger partial charge in [-0.2, -0.15) is 0 Å². The van der Waals surface area contributed by atoms with E-state index in [4.69, 9.17) is 0 Å². The molecular formula is C17H27N3O. The van der Waals surface area contributed by atoms with E-state index < -0.39 is 0 Å². The predicted octanol–water partition coefficient (Wildman–Crippen LogP) is 3.38. The number of aryl methyl sites for hydroxylation is 1. The van der Waals surface area contributed by atoms with Crippen LogP contribution in [0.3, 0.4) is 0 Å². The molecule has 0 saturated heterocycles. The largest absolute Gasteiger partial charge is 0.370 e. The first kappa shape index (κ1) is 15.8. The van der Waals surface area contributed by atoms with Crippen LogP contribution in [0.5, 0.6) is 0 Å². The second kappa shape index (κ2) is 6.46. The van der Waals surface area contributed by atoms with Gasteiger partial charge in [0.05, 0.1) is 0 Å². The molecule has 0 spiro atoms. The van der Waals surface area contributed by atoms with Crippen LogP contribution < -0.4 is 10.6 Å². The number of rotatable bonds is 7. The van der Waals surface area contributed by atoms with E-state index in [0.717, 1.165) is 31.0 Å².